The predicted molar refractivity (Wildman–Crippen MR) is 100 cm³/mol. The number of rotatable bonds is 7. The van der Waals surface area contributed by atoms with Gasteiger partial charge in [0.05, 0.1) is 6.26 Å². The Morgan fingerprint density at radius 3 is 2.36 bits per heavy atom. The number of nitrogens with zero attached hydrogens (tertiary/aromatic N) is 1. The lowest BCUT2D eigenvalue weighted by molar-refractivity contribution is 0.0785. The number of amides is 1. The smallest absolute Gasteiger partial charge is 0.253 e. The first-order chi connectivity index (χ1) is 11.8. The summed E-state index contributed by atoms with van der Waals surface area (Å²) in [5, 5.41) is 0.635. The van der Waals surface area contributed by atoms with E-state index in [2.05, 4.69) is 4.72 Å². The highest BCUT2D eigenvalue weighted by atomic mass is 35.5. The Morgan fingerprint density at radius 1 is 1.12 bits per heavy atom. The second kappa shape index (κ2) is 8.47. The minimum absolute atomic E-state index is 0.0965. The first-order valence-corrected chi connectivity index (χ1v) is 10.1. The molecule has 2 aromatic rings. The summed E-state index contributed by atoms with van der Waals surface area (Å²) in [6.45, 7) is 0.761. The summed E-state index contributed by atoms with van der Waals surface area (Å²) in [6, 6.07) is 14.6. The van der Waals surface area contributed by atoms with Gasteiger partial charge in [0.15, 0.2) is 0 Å². The van der Waals surface area contributed by atoms with E-state index in [-0.39, 0.29) is 5.91 Å². The molecule has 1 N–H and O–H groups in total. The molecule has 2 rings (SSSR count). The number of carbonyl (C=O) groups excluding carboxylic acids is 1. The number of halogens is 1. The number of benzene rings is 2. The fourth-order valence-corrected chi connectivity index (χ4v) is 3.04. The second-order valence-electron chi connectivity index (χ2n) is 5.87. The highest BCUT2D eigenvalue weighted by Gasteiger charge is 2.13. The Hall–Kier alpha value is -1.89. The van der Waals surface area contributed by atoms with E-state index in [0.29, 0.717) is 30.1 Å². The molecule has 25 heavy (non-hydrogen) atoms. The van der Waals surface area contributed by atoms with Gasteiger partial charge in [0.2, 0.25) is 10.0 Å². The van der Waals surface area contributed by atoms with E-state index in [1.807, 2.05) is 30.3 Å². The van der Waals surface area contributed by atoms with Crippen molar-refractivity contribution >= 4 is 27.5 Å². The van der Waals surface area contributed by atoms with Gasteiger partial charge >= 0.3 is 0 Å². The molecule has 0 bridgehead atoms. The zero-order valence-corrected chi connectivity index (χ0v) is 15.8. The Labute approximate surface area is 153 Å². The van der Waals surface area contributed by atoms with E-state index in [0.717, 1.165) is 17.4 Å². The molecule has 0 spiro atoms. The number of sulfonamides is 1. The Bertz CT molecular complexity index is 836. The van der Waals surface area contributed by atoms with Gasteiger partial charge in [-0.15, -0.1) is 0 Å². The summed E-state index contributed by atoms with van der Waals surface area (Å²) in [4.78, 5) is 14.1. The van der Waals surface area contributed by atoms with Crippen molar-refractivity contribution in [3.05, 3.63) is 70.2 Å². The van der Waals surface area contributed by atoms with Gasteiger partial charge in [-0.2, -0.15) is 0 Å². The van der Waals surface area contributed by atoms with Crippen molar-refractivity contribution in [1.82, 2.24) is 9.62 Å². The minimum atomic E-state index is -3.18. The molecule has 0 heterocycles. The van der Waals surface area contributed by atoms with Crippen LogP contribution in [-0.2, 0) is 23.0 Å². The third-order valence-electron chi connectivity index (χ3n) is 3.69. The monoisotopic (exact) mass is 380 g/mol. The molecule has 5 nitrogen and oxygen atoms in total. The van der Waals surface area contributed by atoms with Crippen LogP contribution in [0.3, 0.4) is 0 Å². The van der Waals surface area contributed by atoms with Crippen LogP contribution in [0.15, 0.2) is 48.5 Å². The third-order valence-corrected chi connectivity index (χ3v) is 4.79. The van der Waals surface area contributed by atoms with Crippen molar-refractivity contribution in [3.63, 3.8) is 0 Å². The van der Waals surface area contributed by atoms with E-state index in [1.54, 1.807) is 30.1 Å². The maximum atomic E-state index is 12.5. The summed E-state index contributed by atoms with van der Waals surface area (Å²) >= 11 is 6.13. The fraction of sp³-hybridized carbons (Fsp3) is 0.278. The van der Waals surface area contributed by atoms with Gasteiger partial charge in [-0.1, -0.05) is 41.9 Å². The normalized spacial score (nSPS) is 11.3. The Morgan fingerprint density at radius 2 is 1.76 bits per heavy atom. The quantitative estimate of drug-likeness (QED) is 0.803. The van der Waals surface area contributed by atoms with Crippen molar-refractivity contribution in [2.45, 2.75) is 13.0 Å². The van der Waals surface area contributed by atoms with Gasteiger partial charge in [-0.25, -0.2) is 13.1 Å². The zero-order valence-electron chi connectivity index (χ0n) is 14.2. The molecule has 1 amide bonds. The molecule has 0 saturated heterocycles. The highest BCUT2D eigenvalue weighted by Crippen LogP contribution is 2.17. The SMILES string of the molecule is CN(Cc1ccccc1Cl)C(=O)c1ccc(CCNS(C)(=O)=O)cc1. The summed E-state index contributed by atoms with van der Waals surface area (Å²) in [5.41, 5.74) is 2.43. The van der Waals surface area contributed by atoms with Crippen LogP contribution in [0.2, 0.25) is 5.02 Å². The van der Waals surface area contributed by atoms with Crippen molar-refractivity contribution in [2.75, 3.05) is 19.8 Å². The Balaban J connectivity index is 1.96. The van der Waals surface area contributed by atoms with E-state index in [1.165, 1.54) is 0 Å². The largest absolute Gasteiger partial charge is 0.337 e. The van der Waals surface area contributed by atoms with E-state index < -0.39 is 10.0 Å². The minimum Gasteiger partial charge on any atom is -0.337 e. The summed E-state index contributed by atoms with van der Waals surface area (Å²) in [5.74, 6) is -0.0965. The van der Waals surface area contributed by atoms with Gasteiger partial charge in [0.25, 0.3) is 5.91 Å². The topological polar surface area (TPSA) is 66.5 Å². The number of hydrogen-bond donors (Lipinski definition) is 1. The van der Waals surface area contributed by atoms with Crippen LogP contribution in [0, 0.1) is 0 Å². The second-order valence-corrected chi connectivity index (χ2v) is 8.11. The van der Waals surface area contributed by atoms with Gasteiger partial charge in [0.1, 0.15) is 0 Å². The molecule has 0 unspecified atom stereocenters. The van der Waals surface area contributed by atoms with E-state index >= 15 is 0 Å². The lowest BCUT2D eigenvalue weighted by atomic mass is 10.1. The highest BCUT2D eigenvalue weighted by molar-refractivity contribution is 7.88. The van der Waals surface area contributed by atoms with E-state index in [9.17, 15) is 13.2 Å². The molecule has 0 atom stereocenters. The first-order valence-electron chi connectivity index (χ1n) is 7.79. The lowest BCUT2D eigenvalue weighted by Gasteiger charge is -2.18. The molecular weight excluding hydrogens is 360 g/mol. The molecule has 0 aliphatic carbocycles. The molecule has 0 aliphatic heterocycles. The van der Waals surface area contributed by atoms with Crippen LogP contribution in [0.4, 0.5) is 0 Å². The molecule has 0 aromatic heterocycles. The van der Waals surface area contributed by atoms with Crippen LogP contribution in [0.25, 0.3) is 0 Å². The number of nitrogens with one attached hydrogen (secondary N) is 1. The van der Waals surface area contributed by atoms with Gasteiger partial charge < -0.3 is 4.90 Å². The van der Waals surface area contributed by atoms with Crippen LogP contribution < -0.4 is 4.72 Å². The van der Waals surface area contributed by atoms with Gasteiger partial charge in [0, 0.05) is 30.7 Å². The third kappa shape index (κ3) is 6.16. The van der Waals surface area contributed by atoms with Crippen molar-refractivity contribution in [3.8, 4) is 0 Å². The van der Waals surface area contributed by atoms with Crippen molar-refractivity contribution < 1.29 is 13.2 Å². The summed E-state index contributed by atoms with van der Waals surface area (Å²) < 4.78 is 24.5. The molecule has 0 radical (unpaired) electrons. The standard InChI is InChI=1S/C18H21ClN2O3S/c1-21(13-16-5-3-4-6-17(16)19)18(22)15-9-7-14(8-10-15)11-12-20-25(2,23)24/h3-10,20H,11-13H2,1-2H3. The molecular formula is C18H21ClN2O3S. The predicted octanol–water partition coefficient (Wildman–Crippen LogP) is 2.70. The molecule has 7 heteroatoms. The van der Waals surface area contributed by atoms with Gasteiger partial charge in [-0.05, 0) is 35.7 Å². The van der Waals surface area contributed by atoms with Crippen molar-refractivity contribution in [2.24, 2.45) is 0 Å². The van der Waals surface area contributed by atoms with Crippen LogP contribution in [0.1, 0.15) is 21.5 Å². The summed E-state index contributed by atoms with van der Waals surface area (Å²) in [6.07, 6.45) is 1.70. The molecule has 0 saturated carbocycles. The maximum absolute atomic E-state index is 12.5. The van der Waals surface area contributed by atoms with E-state index in [4.69, 9.17) is 11.6 Å². The van der Waals surface area contributed by atoms with Crippen LogP contribution in [-0.4, -0.2) is 39.1 Å². The molecule has 0 aliphatic rings. The fourth-order valence-electron chi connectivity index (χ4n) is 2.37. The Kier molecular flexibility index (Phi) is 6.58. The first kappa shape index (κ1) is 19.4. The van der Waals surface area contributed by atoms with Gasteiger partial charge in [-0.3, -0.25) is 4.79 Å². The van der Waals surface area contributed by atoms with Crippen molar-refractivity contribution in [1.29, 1.82) is 0 Å². The summed E-state index contributed by atoms with van der Waals surface area (Å²) in [7, 11) is -1.45. The molecule has 0 fully saturated rings. The molecule has 2 aromatic carbocycles. The van der Waals surface area contributed by atoms with Crippen LogP contribution >= 0.6 is 11.6 Å². The van der Waals surface area contributed by atoms with Crippen LogP contribution in [0.5, 0.6) is 0 Å². The zero-order chi connectivity index (χ0) is 18.4. The number of carbonyl (C=O) groups is 1. The number of hydrogen-bond acceptors (Lipinski definition) is 3. The lowest BCUT2D eigenvalue weighted by Crippen LogP contribution is -2.26. The molecule has 134 valence electrons. The average Bonchev–Trinajstić information content (AvgIpc) is 2.56. The average molecular weight is 381 g/mol. The maximum Gasteiger partial charge on any atom is 0.253 e.